The SMILES string of the molecule is CC1=CC(=NCCOCCO)NC(NC2=CC=CC(C)(CCO)C=C2)=CC1(C)C#N. The van der Waals surface area contributed by atoms with E-state index in [1.54, 1.807) is 0 Å². The van der Waals surface area contributed by atoms with Gasteiger partial charge in [0.1, 0.15) is 11.7 Å². The lowest BCUT2D eigenvalue weighted by atomic mass is 9.84. The number of hydrogen-bond donors (Lipinski definition) is 4. The average Bonchev–Trinajstić information content (AvgIpc) is 2.95. The lowest BCUT2D eigenvalue weighted by Gasteiger charge is -2.20. The fourth-order valence-corrected chi connectivity index (χ4v) is 3.05. The second-order valence-corrected chi connectivity index (χ2v) is 7.85. The molecule has 2 unspecified atom stereocenters. The van der Waals surface area contributed by atoms with Gasteiger partial charge in [-0.15, -0.1) is 0 Å². The molecule has 162 valence electrons. The predicted molar refractivity (Wildman–Crippen MR) is 118 cm³/mol. The molecule has 0 saturated heterocycles. The molecule has 1 heterocycles. The maximum Gasteiger partial charge on any atom is 0.126 e. The lowest BCUT2D eigenvalue weighted by Crippen LogP contribution is -2.30. The van der Waals surface area contributed by atoms with Crippen molar-refractivity contribution in [3.63, 3.8) is 0 Å². The molecule has 1 aliphatic carbocycles. The van der Waals surface area contributed by atoms with E-state index in [9.17, 15) is 10.4 Å². The van der Waals surface area contributed by atoms with E-state index in [-0.39, 0.29) is 25.2 Å². The lowest BCUT2D eigenvalue weighted by molar-refractivity contribution is 0.0978. The van der Waals surface area contributed by atoms with Crippen LogP contribution >= 0.6 is 0 Å². The standard InChI is InChI=1S/C23H32N4O3/c1-18-15-20(25-10-13-30-14-12-29)27-21(16-23(18,3)17-24)26-19-5-4-7-22(2,8-6-19)9-11-28/h4-8,15-16,26,28-29H,9-14H2,1-3H3,(H,25,27). The zero-order chi connectivity index (χ0) is 22.0. The largest absolute Gasteiger partial charge is 0.396 e. The minimum atomic E-state index is -0.782. The average molecular weight is 413 g/mol. The molecular weight excluding hydrogens is 380 g/mol. The highest BCUT2D eigenvalue weighted by Crippen LogP contribution is 2.31. The van der Waals surface area contributed by atoms with Crippen molar-refractivity contribution < 1.29 is 14.9 Å². The fourth-order valence-electron chi connectivity index (χ4n) is 3.05. The molecule has 0 saturated carbocycles. The van der Waals surface area contributed by atoms with Crippen molar-refractivity contribution in [2.45, 2.75) is 27.2 Å². The van der Waals surface area contributed by atoms with Crippen molar-refractivity contribution in [3.05, 3.63) is 59.6 Å². The fraction of sp³-hybridized carbons (Fsp3) is 0.478. The van der Waals surface area contributed by atoms with Crippen LogP contribution in [0, 0.1) is 22.2 Å². The molecule has 7 nitrogen and oxygen atoms in total. The quantitative estimate of drug-likeness (QED) is 0.433. The van der Waals surface area contributed by atoms with Gasteiger partial charge in [-0.25, -0.2) is 0 Å². The maximum atomic E-state index is 9.76. The summed E-state index contributed by atoms with van der Waals surface area (Å²) in [6.07, 6.45) is 14.4. The summed E-state index contributed by atoms with van der Waals surface area (Å²) < 4.78 is 5.26. The summed E-state index contributed by atoms with van der Waals surface area (Å²) in [4.78, 5) is 4.53. The second kappa shape index (κ2) is 10.9. The van der Waals surface area contributed by atoms with E-state index in [0.717, 1.165) is 11.3 Å². The number of rotatable bonds is 9. The Labute approximate surface area is 178 Å². The van der Waals surface area contributed by atoms with Crippen molar-refractivity contribution >= 4 is 5.84 Å². The topological polar surface area (TPSA) is 110 Å². The van der Waals surface area contributed by atoms with E-state index < -0.39 is 5.41 Å². The number of nitrogens with one attached hydrogen (secondary N) is 2. The van der Waals surface area contributed by atoms with Crippen LogP contribution in [0.25, 0.3) is 0 Å². The first-order valence-corrected chi connectivity index (χ1v) is 10.1. The monoisotopic (exact) mass is 412 g/mol. The van der Waals surface area contributed by atoms with Gasteiger partial charge in [-0.1, -0.05) is 25.2 Å². The van der Waals surface area contributed by atoms with Crippen LogP contribution in [0.5, 0.6) is 0 Å². The molecular formula is C23H32N4O3. The van der Waals surface area contributed by atoms with Crippen LogP contribution in [-0.4, -0.2) is 49.0 Å². The number of allylic oxidation sites excluding steroid dienone is 7. The van der Waals surface area contributed by atoms with E-state index in [1.807, 2.05) is 44.2 Å². The Morgan fingerprint density at radius 1 is 1.23 bits per heavy atom. The smallest absolute Gasteiger partial charge is 0.126 e. The van der Waals surface area contributed by atoms with Gasteiger partial charge in [0.25, 0.3) is 0 Å². The van der Waals surface area contributed by atoms with Crippen LogP contribution < -0.4 is 10.6 Å². The van der Waals surface area contributed by atoms with E-state index >= 15 is 0 Å². The van der Waals surface area contributed by atoms with E-state index in [0.29, 0.717) is 31.2 Å². The zero-order valence-electron chi connectivity index (χ0n) is 18.0. The number of nitrogens with zero attached hydrogens (tertiary/aromatic N) is 2. The molecule has 0 aromatic carbocycles. The number of aliphatic imine (C=N–C) groups is 1. The minimum Gasteiger partial charge on any atom is -0.396 e. The Morgan fingerprint density at radius 3 is 2.73 bits per heavy atom. The maximum absolute atomic E-state index is 9.76. The molecule has 30 heavy (non-hydrogen) atoms. The van der Waals surface area contributed by atoms with Crippen molar-refractivity contribution in [1.82, 2.24) is 10.6 Å². The zero-order valence-corrected chi connectivity index (χ0v) is 18.0. The summed E-state index contributed by atoms with van der Waals surface area (Å²) >= 11 is 0. The van der Waals surface area contributed by atoms with Crippen LogP contribution in [-0.2, 0) is 4.74 Å². The van der Waals surface area contributed by atoms with Gasteiger partial charge in [0, 0.05) is 17.7 Å². The van der Waals surface area contributed by atoms with Gasteiger partial charge < -0.3 is 25.6 Å². The van der Waals surface area contributed by atoms with Gasteiger partial charge in [-0.2, -0.15) is 5.26 Å². The predicted octanol–water partition coefficient (Wildman–Crippen LogP) is 2.30. The molecule has 0 radical (unpaired) electrons. The summed E-state index contributed by atoms with van der Waals surface area (Å²) in [6.45, 7) is 7.08. The highest BCUT2D eigenvalue weighted by molar-refractivity contribution is 5.95. The molecule has 7 heteroatoms. The Balaban J connectivity index is 2.20. The molecule has 0 bridgehead atoms. The third-order valence-electron chi connectivity index (χ3n) is 5.18. The van der Waals surface area contributed by atoms with Crippen LogP contribution in [0.2, 0.25) is 0 Å². The number of ether oxygens (including phenoxy) is 1. The molecule has 0 aromatic heterocycles. The highest BCUT2D eigenvalue weighted by atomic mass is 16.5. The van der Waals surface area contributed by atoms with Gasteiger partial charge in [-0.3, -0.25) is 4.99 Å². The molecule has 0 amide bonds. The van der Waals surface area contributed by atoms with E-state index in [1.165, 1.54) is 0 Å². The van der Waals surface area contributed by atoms with Crippen molar-refractivity contribution in [2.24, 2.45) is 15.8 Å². The van der Waals surface area contributed by atoms with Crippen LogP contribution in [0.3, 0.4) is 0 Å². The number of aliphatic hydroxyl groups excluding tert-OH is 2. The summed E-state index contributed by atoms with van der Waals surface area (Å²) in [5.74, 6) is 1.30. The first-order chi connectivity index (χ1) is 14.3. The van der Waals surface area contributed by atoms with Gasteiger partial charge in [0.05, 0.1) is 37.8 Å². The van der Waals surface area contributed by atoms with Crippen LogP contribution in [0.1, 0.15) is 27.2 Å². The number of amidine groups is 1. The van der Waals surface area contributed by atoms with Crippen molar-refractivity contribution in [3.8, 4) is 6.07 Å². The minimum absolute atomic E-state index is 0.0143. The summed E-state index contributed by atoms with van der Waals surface area (Å²) in [6, 6.07) is 2.37. The number of hydrogen-bond acceptors (Lipinski definition) is 6. The first-order valence-electron chi connectivity index (χ1n) is 10.1. The second-order valence-electron chi connectivity index (χ2n) is 7.85. The third kappa shape index (κ3) is 6.70. The Bertz CT molecular complexity index is 832. The summed E-state index contributed by atoms with van der Waals surface area (Å²) in [5, 5.41) is 34.5. The van der Waals surface area contributed by atoms with Crippen molar-refractivity contribution in [2.75, 3.05) is 33.0 Å². The molecule has 0 fully saturated rings. The van der Waals surface area contributed by atoms with E-state index in [4.69, 9.17) is 9.84 Å². The third-order valence-corrected chi connectivity index (χ3v) is 5.18. The molecule has 0 spiro atoms. The summed E-state index contributed by atoms with van der Waals surface area (Å²) in [7, 11) is 0. The van der Waals surface area contributed by atoms with Gasteiger partial charge >= 0.3 is 0 Å². The molecule has 4 N–H and O–H groups in total. The number of aliphatic hydroxyl groups is 2. The van der Waals surface area contributed by atoms with Crippen LogP contribution in [0.4, 0.5) is 0 Å². The molecule has 2 rings (SSSR count). The van der Waals surface area contributed by atoms with E-state index in [2.05, 4.69) is 40.8 Å². The molecule has 1 aliphatic heterocycles. The van der Waals surface area contributed by atoms with Crippen molar-refractivity contribution in [1.29, 1.82) is 5.26 Å². The number of nitriles is 1. The Kier molecular flexibility index (Phi) is 8.60. The summed E-state index contributed by atoms with van der Waals surface area (Å²) in [5.41, 5.74) is 0.749. The first kappa shape index (κ1) is 23.6. The van der Waals surface area contributed by atoms with Crippen LogP contribution in [0.15, 0.2) is 64.6 Å². The van der Waals surface area contributed by atoms with Gasteiger partial charge in [0.2, 0.25) is 0 Å². The Hall–Kier alpha value is -2.66. The normalized spacial score (nSPS) is 27.3. The molecule has 0 aromatic rings. The molecule has 2 atom stereocenters. The van der Waals surface area contributed by atoms with Gasteiger partial charge in [-0.05, 0) is 50.1 Å². The molecule has 2 aliphatic rings. The highest BCUT2D eigenvalue weighted by Gasteiger charge is 2.28. The Morgan fingerprint density at radius 2 is 2.03 bits per heavy atom. The van der Waals surface area contributed by atoms with Gasteiger partial charge in [0.15, 0.2) is 0 Å².